The van der Waals surface area contributed by atoms with Crippen molar-refractivity contribution in [2.24, 2.45) is 0 Å². The van der Waals surface area contributed by atoms with E-state index < -0.39 is 10.0 Å². The van der Waals surface area contributed by atoms with Gasteiger partial charge in [-0.15, -0.1) is 11.3 Å². The van der Waals surface area contributed by atoms with Gasteiger partial charge in [0.1, 0.15) is 4.21 Å². The number of amides is 1. The Kier molecular flexibility index (Phi) is 5.40. The second-order valence-corrected chi connectivity index (χ2v) is 8.56. The molecule has 0 radical (unpaired) electrons. The Morgan fingerprint density at radius 3 is 2.86 bits per heavy atom. The van der Waals surface area contributed by atoms with E-state index in [0.717, 1.165) is 36.5 Å². The minimum absolute atomic E-state index is 0.0866. The SMILES string of the molecule is CCC1CCCCN1C(=O)CN(C)S(=O)(=O)c1cccs1. The number of likely N-dealkylation sites (N-methyl/N-ethyl adjacent to an activating group) is 1. The number of piperidine rings is 1. The first kappa shape index (κ1) is 16.5. The molecule has 1 aromatic rings. The molecule has 0 N–H and O–H groups in total. The van der Waals surface area contributed by atoms with Gasteiger partial charge in [-0.25, -0.2) is 8.42 Å². The standard InChI is InChI=1S/C14H22N2O3S2/c1-3-12-7-4-5-9-16(12)13(17)11-15(2)21(18,19)14-8-6-10-20-14/h6,8,10,12H,3-5,7,9,11H2,1-2H3. The first-order valence-corrected chi connectivity index (χ1v) is 9.58. The van der Waals surface area contributed by atoms with Crippen LogP contribution < -0.4 is 0 Å². The van der Waals surface area contributed by atoms with Crippen molar-refractivity contribution in [2.75, 3.05) is 20.1 Å². The van der Waals surface area contributed by atoms with E-state index >= 15 is 0 Å². The van der Waals surface area contributed by atoms with Crippen LogP contribution in [0.3, 0.4) is 0 Å². The molecule has 0 spiro atoms. The lowest BCUT2D eigenvalue weighted by Crippen LogP contribution is -2.48. The number of hydrogen-bond donors (Lipinski definition) is 0. The summed E-state index contributed by atoms with van der Waals surface area (Å²) in [7, 11) is -2.08. The maximum Gasteiger partial charge on any atom is 0.252 e. The molecule has 21 heavy (non-hydrogen) atoms. The highest BCUT2D eigenvalue weighted by Gasteiger charge is 2.29. The predicted molar refractivity (Wildman–Crippen MR) is 83.8 cm³/mol. The fourth-order valence-corrected chi connectivity index (χ4v) is 5.00. The Balaban J connectivity index is 2.05. The summed E-state index contributed by atoms with van der Waals surface area (Å²) in [6.07, 6.45) is 4.09. The van der Waals surface area contributed by atoms with Gasteiger partial charge in [-0.05, 0) is 37.1 Å². The molecule has 0 bridgehead atoms. The number of sulfonamides is 1. The van der Waals surface area contributed by atoms with Crippen LogP contribution >= 0.6 is 11.3 Å². The molecule has 2 heterocycles. The first-order valence-electron chi connectivity index (χ1n) is 7.26. The molecule has 1 saturated heterocycles. The summed E-state index contributed by atoms with van der Waals surface area (Å²) in [5.74, 6) is -0.0934. The van der Waals surface area contributed by atoms with Crippen molar-refractivity contribution in [1.29, 1.82) is 0 Å². The highest BCUT2D eigenvalue weighted by Crippen LogP contribution is 2.22. The van der Waals surface area contributed by atoms with Crippen LogP contribution in [0, 0.1) is 0 Å². The second-order valence-electron chi connectivity index (χ2n) is 5.34. The molecule has 1 aliphatic heterocycles. The summed E-state index contributed by atoms with van der Waals surface area (Å²) in [5.41, 5.74) is 0. The van der Waals surface area contributed by atoms with Gasteiger partial charge in [-0.1, -0.05) is 13.0 Å². The van der Waals surface area contributed by atoms with Crippen molar-refractivity contribution in [3.63, 3.8) is 0 Å². The number of carbonyl (C=O) groups excluding carboxylic acids is 1. The quantitative estimate of drug-likeness (QED) is 0.831. The van der Waals surface area contributed by atoms with Crippen LogP contribution in [0.5, 0.6) is 0 Å². The minimum atomic E-state index is -3.55. The van der Waals surface area contributed by atoms with Gasteiger partial charge < -0.3 is 4.90 Å². The average molecular weight is 330 g/mol. The Hall–Kier alpha value is -0.920. The van der Waals surface area contributed by atoms with Gasteiger partial charge in [0.25, 0.3) is 10.0 Å². The number of thiophene rings is 1. The maximum atomic E-state index is 12.4. The summed E-state index contributed by atoms with van der Waals surface area (Å²) in [6, 6.07) is 3.52. The predicted octanol–water partition coefficient (Wildman–Crippen LogP) is 2.16. The summed E-state index contributed by atoms with van der Waals surface area (Å²) >= 11 is 1.17. The van der Waals surface area contributed by atoms with Gasteiger partial charge in [-0.3, -0.25) is 4.79 Å². The van der Waals surface area contributed by atoms with Gasteiger partial charge >= 0.3 is 0 Å². The Morgan fingerprint density at radius 2 is 2.24 bits per heavy atom. The molecule has 0 saturated carbocycles. The van der Waals surface area contributed by atoms with E-state index in [9.17, 15) is 13.2 Å². The zero-order valence-electron chi connectivity index (χ0n) is 12.5. The van der Waals surface area contributed by atoms with E-state index in [1.807, 2.05) is 4.90 Å². The molecule has 5 nitrogen and oxygen atoms in total. The van der Waals surface area contributed by atoms with Crippen molar-refractivity contribution in [2.45, 2.75) is 42.9 Å². The number of carbonyl (C=O) groups is 1. The molecule has 7 heteroatoms. The van der Waals surface area contributed by atoms with Crippen molar-refractivity contribution >= 4 is 27.3 Å². The van der Waals surface area contributed by atoms with Crippen molar-refractivity contribution in [1.82, 2.24) is 9.21 Å². The van der Waals surface area contributed by atoms with E-state index in [1.54, 1.807) is 17.5 Å². The molecule has 1 amide bonds. The lowest BCUT2D eigenvalue weighted by Gasteiger charge is -2.36. The minimum Gasteiger partial charge on any atom is -0.339 e. The molecule has 1 unspecified atom stereocenters. The second kappa shape index (κ2) is 6.89. The third-order valence-electron chi connectivity index (χ3n) is 3.94. The van der Waals surface area contributed by atoms with Gasteiger partial charge in [0.2, 0.25) is 5.91 Å². The number of hydrogen-bond acceptors (Lipinski definition) is 4. The van der Waals surface area contributed by atoms with E-state index in [0.29, 0.717) is 0 Å². The monoisotopic (exact) mass is 330 g/mol. The molecule has 2 rings (SSSR count). The summed E-state index contributed by atoms with van der Waals surface area (Å²) < 4.78 is 26.1. The smallest absolute Gasteiger partial charge is 0.252 e. The van der Waals surface area contributed by atoms with Crippen LogP contribution in [-0.2, 0) is 14.8 Å². The summed E-state index contributed by atoms with van der Waals surface area (Å²) in [6.45, 7) is 2.73. The van der Waals surface area contributed by atoms with Crippen LogP contribution in [0.1, 0.15) is 32.6 Å². The van der Waals surface area contributed by atoms with Crippen LogP contribution in [-0.4, -0.2) is 49.7 Å². The third-order valence-corrected chi connectivity index (χ3v) is 7.11. The topological polar surface area (TPSA) is 57.7 Å². The zero-order chi connectivity index (χ0) is 15.5. The number of nitrogens with zero attached hydrogens (tertiary/aromatic N) is 2. The normalized spacial score (nSPS) is 20.0. The van der Waals surface area contributed by atoms with Crippen LogP contribution in [0.15, 0.2) is 21.7 Å². The Labute approximate surface area is 130 Å². The lowest BCUT2D eigenvalue weighted by atomic mass is 10.00. The van der Waals surface area contributed by atoms with Gasteiger partial charge in [-0.2, -0.15) is 4.31 Å². The van der Waals surface area contributed by atoms with E-state index in [1.165, 1.54) is 18.4 Å². The van der Waals surface area contributed by atoms with E-state index in [4.69, 9.17) is 0 Å². The van der Waals surface area contributed by atoms with Gasteiger partial charge in [0.05, 0.1) is 6.54 Å². The van der Waals surface area contributed by atoms with Gasteiger partial charge in [0, 0.05) is 19.6 Å². The molecule has 0 aromatic carbocycles. The summed E-state index contributed by atoms with van der Waals surface area (Å²) in [5, 5.41) is 1.72. The van der Waals surface area contributed by atoms with Crippen LogP contribution in [0.4, 0.5) is 0 Å². The van der Waals surface area contributed by atoms with Crippen LogP contribution in [0.25, 0.3) is 0 Å². The lowest BCUT2D eigenvalue weighted by molar-refractivity contribution is -0.134. The molecule has 0 aliphatic carbocycles. The highest BCUT2D eigenvalue weighted by atomic mass is 32.2. The van der Waals surface area contributed by atoms with Crippen molar-refractivity contribution in [3.05, 3.63) is 17.5 Å². The molecule has 1 aromatic heterocycles. The fraction of sp³-hybridized carbons (Fsp3) is 0.643. The Bertz CT molecular complexity index is 569. The number of rotatable bonds is 5. The fourth-order valence-electron chi connectivity index (χ4n) is 2.68. The van der Waals surface area contributed by atoms with Gasteiger partial charge in [0.15, 0.2) is 0 Å². The van der Waals surface area contributed by atoms with Crippen LogP contribution in [0.2, 0.25) is 0 Å². The molecule has 118 valence electrons. The largest absolute Gasteiger partial charge is 0.339 e. The molecular formula is C14H22N2O3S2. The average Bonchev–Trinajstić information content (AvgIpc) is 3.01. The first-order chi connectivity index (χ1) is 9.96. The molecule has 1 atom stereocenters. The zero-order valence-corrected chi connectivity index (χ0v) is 14.1. The molecular weight excluding hydrogens is 308 g/mol. The Morgan fingerprint density at radius 1 is 1.48 bits per heavy atom. The van der Waals surface area contributed by atoms with Crippen molar-refractivity contribution in [3.8, 4) is 0 Å². The number of likely N-dealkylation sites (tertiary alicyclic amines) is 1. The molecule has 1 fully saturated rings. The molecule has 1 aliphatic rings. The highest BCUT2D eigenvalue weighted by molar-refractivity contribution is 7.91. The van der Waals surface area contributed by atoms with E-state index in [-0.39, 0.29) is 22.7 Å². The summed E-state index contributed by atoms with van der Waals surface area (Å²) in [4.78, 5) is 14.3. The maximum absolute atomic E-state index is 12.4. The third kappa shape index (κ3) is 3.64. The van der Waals surface area contributed by atoms with Crippen molar-refractivity contribution < 1.29 is 13.2 Å². The van der Waals surface area contributed by atoms with E-state index in [2.05, 4.69) is 6.92 Å².